The Morgan fingerprint density at radius 3 is 2.61 bits per heavy atom. The van der Waals surface area contributed by atoms with Gasteiger partial charge in [0.25, 0.3) is 15.9 Å². The highest BCUT2D eigenvalue weighted by Crippen LogP contribution is 2.29. The summed E-state index contributed by atoms with van der Waals surface area (Å²) in [4.78, 5) is 23.3. The van der Waals surface area contributed by atoms with Gasteiger partial charge in [-0.1, -0.05) is 12.1 Å². The summed E-state index contributed by atoms with van der Waals surface area (Å²) in [6.45, 7) is 1.62. The normalized spacial score (nSPS) is 16.5. The van der Waals surface area contributed by atoms with E-state index in [1.807, 2.05) is 0 Å². The fourth-order valence-corrected chi connectivity index (χ4v) is 3.30. The van der Waals surface area contributed by atoms with Gasteiger partial charge in [-0.25, -0.2) is 12.7 Å². The van der Waals surface area contributed by atoms with E-state index in [1.54, 1.807) is 19.1 Å². The Kier molecular flexibility index (Phi) is 3.08. The van der Waals surface area contributed by atoms with Crippen LogP contribution in [-0.4, -0.2) is 37.6 Å². The van der Waals surface area contributed by atoms with Crippen LogP contribution in [0.25, 0.3) is 0 Å². The van der Waals surface area contributed by atoms with Gasteiger partial charge in [-0.2, -0.15) is 0 Å². The Morgan fingerprint density at radius 1 is 1.33 bits per heavy atom. The van der Waals surface area contributed by atoms with Gasteiger partial charge in [-0.05, 0) is 19.1 Å². The van der Waals surface area contributed by atoms with Crippen molar-refractivity contribution in [2.75, 3.05) is 13.1 Å². The van der Waals surface area contributed by atoms with Crippen molar-refractivity contribution in [1.29, 1.82) is 0 Å². The molecule has 0 atom stereocenters. The van der Waals surface area contributed by atoms with E-state index in [2.05, 4.69) is 5.32 Å². The molecule has 1 aromatic rings. The minimum Gasteiger partial charge on any atom is -0.355 e. The van der Waals surface area contributed by atoms with Crippen molar-refractivity contribution in [2.24, 2.45) is 0 Å². The third-order valence-corrected chi connectivity index (χ3v) is 4.36. The molecule has 0 saturated heterocycles. The number of sulfonamides is 1. The molecule has 6 nitrogen and oxygen atoms in total. The number of amides is 2. The first-order valence-electron chi connectivity index (χ1n) is 5.41. The van der Waals surface area contributed by atoms with E-state index in [4.69, 9.17) is 0 Å². The number of nitrogens with one attached hydrogen (secondary N) is 1. The maximum absolute atomic E-state index is 12.1. The number of hydrogen-bond donors (Lipinski definition) is 1. The van der Waals surface area contributed by atoms with Gasteiger partial charge in [0, 0.05) is 6.54 Å². The summed E-state index contributed by atoms with van der Waals surface area (Å²) in [6.07, 6.45) is 0. The van der Waals surface area contributed by atoms with Gasteiger partial charge in [0.05, 0.1) is 5.56 Å². The Bertz CT molecular complexity index is 609. The van der Waals surface area contributed by atoms with Crippen LogP contribution >= 0.6 is 0 Å². The molecule has 0 radical (unpaired) electrons. The molecule has 0 spiro atoms. The molecule has 0 saturated carbocycles. The number of benzene rings is 1. The molecule has 0 unspecified atom stereocenters. The first-order chi connectivity index (χ1) is 8.48. The maximum atomic E-state index is 12.1. The fourth-order valence-electron chi connectivity index (χ4n) is 1.77. The van der Waals surface area contributed by atoms with Gasteiger partial charge in [0.2, 0.25) is 5.91 Å². The number of fused-ring (bicyclic) bond motifs is 1. The SMILES string of the molecule is CCNC(=O)CN1C(=O)c2ccccc2S1(=O)=O. The average Bonchev–Trinajstić information content (AvgIpc) is 2.52. The number of carbonyl (C=O) groups is 2. The number of carbonyl (C=O) groups excluding carboxylic acids is 2. The number of nitrogens with zero attached hydrogens (tertiary/aromatic N) is 1. The quantitative estimate of drug-likeness (QED) is 0.834. The Morgan fingerprint density at radius 2 is 2.00 bits per heavy atom. The highest BCUT2D eigenvalue weighted by Gasteiger charge is 2.41. The fraction of sp³-hybridized carbons (Fsp3) is 0.273. The highest BCUT2D eigenvalue weighted by molar-refractivity contribution is 7.90. The summed E-state index contributed by atoms with van der Waals surface area (Å²) in [7, 11) is -3.89. The van der Waals surface area contributed by atoms with E-state index < -0.39 is 28.4 Å². The second-order valence-corrected chi connectivity index (χ2v) is 5.60. The zero-order valence-corrected chi connectivity index (χ0v) is 10.5. The second-order valence-electron chi connectivity index (χ2n) is 3.77. The maximum Gasteiger partial charge on any atom is 0.269 e. The lowest BCUT2D eigenvalue weighted by molar-refractivity contribution is -0.120. The van der Waals surface area contributed by atoms with Gasteiger partial charge < -0.3 is 5.32 Å². The molecule has 2 amide bonds. The predicted octanol–water partition coefficient (Wildman–Crippen LogP) is -0.0328. The minimum atomic E-state index is -3.89. The van der Waals surface area contributed by atoms with E-state index >= 15 is 0 Å². The third kappa shape index (κ3) is 1.86. The molecule has 18 heavy (non-hydrogen) atoms. The predicted molar refractivity (Wildman–Crippen MR) is 63.3 cm³/mol. The number of rotatable bonds is 3. The van der Waals surface area contributed by atoms with Crippen LogP contribution in [0.5, 0.6) is 0 Å². The van der Waals surface area contributed by atoms with Gasteiger partial charge in [-0.3, -0.25) is 9.59 Å². The Balaban J connectivity index is 2.37. The molecule has 1 aromatic carbocycles. The topological polar surface area (TPSA) is 83.6 Å². The van der Waals surface area contributed by atoms with Crippen LogP contribution in [0.15, 0.2) is 29.2 Å². The summed E-state index contributed by atoms with van der Waals surface area (Å²) >= 11 is 0. The van der Waals surface area contributed by atoms with E-state index in [0.29, 0.717) is 10.8 Å². The van der Waals surface area contributed by atoms with Crippen LogP contribution in [0.3, 0.4) is 0 Å². The molecule has 96 valence electrons. The molecule has 2 rings (SSSR count). The smallest absolute Gasteiger partial charge is 0.269 e. The summed E-state index contributed by atoms with van der Waals surface area (Å²) in [5.74, 6) is -1.15. The van der Waals surface area contributed by atoms with Crippen LogP contribution < -0.4 is 5.32 Å². The van der Waals surface area contributed by atoms with Crippen LogP contribution in [-0.2, 0) is 14.8 Å². The summed E-state index contributed by atoms with van der Waals surface area (Å²) in [6, 6.07) is 5.92. The molecule has 1 heterocycles. The monoisotopic (exact) mass is 268 g/mol. The standard InChI is InChI=1S/C11H12N2O4S/c1-2-12-10(14)7-13-11(15)8-5-3-4-6-9(8)18(13,16)17/h3-6H,2,7H2,1H3,(H,12,14). The summed E-state index contributed by atoms with van der Waals surface area (Å²) < 4.78 is 24.7. The van der Waals surface area contributed by atoms with Crippen molar-refractivity contribution >= 4 is 21.8 Å². The molecule has 0 aromatic heterocycles. The average molecular weight is 268 g/mol. The van der Waals surface area contributed by atoms with Crippen molar-refractivity contribution in [3.8, 4) is 0 Å². The molecule has 0 bridgehead atoms. The van der Waals surface area contributed by atoms with Crippen molar-refractivity contribution in [3.63, 3.8) is 0 Å². The number of likely N-dealkylation sites (N-methyl/N-ethyl adjacent to an activating group) is 1. The molecule has 1 aliphatic rings. The van der Waals surface area contributed by atoms with E-state index in [1.165, 1.54) is 12.1 Å². The largest absolute Gasteiger partial charge is 0.355 e. The van der Waals surface area contributed by atoms with E-state index in [-0.39, 0.29) is 10.5 Å². The summed E-state index contributed by atoms with van der Waals surface area (Å²) in [5, 5.41) is 2.46. The Hall–Kier alpha value is -1.89. The van der Waals surface area contributed by atoms with Crippen LogP contribution in [0.2, 0.25) is 0 Å². The molecule has 7 heteroatoms. The second kappa shape index (κ2) is 4.41. The van der Waals surface area contributed by atoms with Gasteiger partial charge in [0.15, 0.2) is 0 Å². The zero-order chi connectivity index (χ0) is 13.3. The third-order valence-electron chi connectivity index (χ3n) is 2.57. The van der Waals surface area contributed by atoms with Crippen molar-refractivity contribution < 1.29 is 18.0 Å². The number of hydrogen-bond acceptors (Lipinski definition) is 4. The minimum absolute atomic E-state index is 0.0423. The van der Waals surface area contributed by atoms with Crippen LogP contribution in [0, 0.1) is 0 Å². The van der Waals surface area contributed by atoms with Crippen molar-refractivity contribution in [2.45, 2.75) is 11.8 Å². The van der Waals surface area contributed by atoms with E-state index in [0.717, 1.165) is 0 Å². The lowest BCUT2D eigenvalue weighted by atomic mass is 10.2. The molecule has 0 aliphatic carbocycles. The van der Waals surface area contributed by atoms with E-state index in [9.17, 15) is 18.0 Å². The highest BCUT2D eigenvalue weighted by atomic mass is 32.2. The van der Waals surface area contributed by atoms with Gasteiger partial charge in [0.1, 0.15) is 11.4 Å². The molecule has 1 N–H and O–H groups in total. The zero-order valence-electron chi connectivity index (χ0n) is 9.71. The van der Waals surface area contributed by atoms with Crippen LogP contribution in [0.1, 0.15) is 17.3 Å². The lowest BCUT2D eigenvalue weighted by Gasteiger charge is -2.14. The molecule has 0 fully saturated rings. The van der Waals surface area contributed by atoms with Gasteiger partial charge in [-0.15, -0.1) is 0 Å². The molecular formula is C11H12N2O4S. The molecular weight excluding hydrogens is 256 g/mol. The molecule has 1 aliphatic heterocycles. The first-order valence-corrected chi connectivity index (χ1v) is 6.85. The van der Waals surface area contributed by atoms with Crippen molar-refractivity contribution in [3.05, 3.63) is 29.8 Å². The van der Waals surface area contributed by atoms with Gasteiger partial charge >= 0.3 is 0 Å². The Labute approximate surface area is 105 Å². The first kappa shape index (κ1) is 12.6. The summed E-state index contributed by atoms with van der Waals surface area (Å²) in [5.41, 5.74) is 0.113. The van der Waals surface area contributed by atoms with Crippen molar-refractivity contribution in [1.82, 2.24) is 9.62 Å². The lowest BCUT2D eigenvalue weighted by Crippen LogP contribution is -2.40. The van der Waals surface area contributed by atoms with Crippen LogP contribution in [0.4, 0.5) is 0 Å².